The van der Waals surface area contributed by atoms with Crippen LogP contribution in [0.25, 0.3) is 0 Å². The Balaban J connectivity index is 1.68. The minimum Gasteiger partial charge on any atom is -0.355 e. The summed E-state index contributed by atoms with van der Waals surface area (Å²) in [6, 6.07) is 9.43. The van der Waals surface area contributed by atoms with Crippen molar-refractivity contribution in [2.45, 2.75) is 27.2 Å². The second-order valence-electron chi connectivity index (χ2n) is 7.59. The number of hydrogen-bond acceptors (Lipinski definition) is 3. The van der Waals surface area contributed by atoms with E-state index in [0.717, 1.165) is 38.3 Å². The molecule has 1 aromatic carbocycles. The maximum absolute atomic E-state index is 12.4. The number of hydrogen-bond donors (Lipinski definition) is 1. The van der Waals surface area contributed by atoms with Gasteiger partial charge < -0.3 is 10.2 Å². The molecule has 0 aromatic heterocycles. The quantitative estimate of drug-likeness (QED) is 0.898. The van der Waals surface area contributed by atoms with E-state index in [2.05, 4.69) is 31.0 Å². The average Bonchev–Trinajstić information content (AvgIpc) is 2.54. The minimum absolute atomic E-state index is 0.0213. The summed E-state index contributed by atoms with van der Waals surface area (Å²) in [6.07, 6.45) is 0.548. The number of carbonyl (C=O) groups excluding carboxylic acids is 2. The van der Waals surface area contributed by atoms with E-state index in [9.17, 15) is 9.59 Å². The molecule has 0 atom stereocenters. The molecule has 2 rings (SSSR count). The number of nitrogens with zero attached hydrogens (tertiary/aromatic N) is 2. The molecule has 0 unspecified atom stereocenters. The summed E-state index contributed by atoms with van der Waals surface area (Å²) >= 11 is 0. The van der Waals surface area contributed by atoms with Gasteiger partial charge in [0.25, 0.3) is 5.91 Å². The molecule has 24 heavy (non-hydrogen) atoms. The first-order valence-corrected chi connectivity index (χ1v) is 8.68. The highest BCUT2D eigenvalue weighted by Crippen LogP contribution is 2.17. The van der Waals surface area contributed by atoms with Crippen LogP contribution in [0.1, 0.15) is 37.6 Å². The third-order valence-electron chi connectivity index (χ3n) is 4.12. The van der Waals surface area contributed by atoms with E-state index in [1.165, 1.54) is 0 Å². The molecule has 1 aliphatic heterocycles. The lowest BCUT2D eigenvalue weighted by atomic mass is 9.92. The minimum atomic E-state index is 0.0213. The number of nitrogens with one attached hydrogen (secondary N) is 1. The van der Waals surface area contributed by atoms with Gasteiger partial charge in [0.05, 0.1) is 0 Å². The van der Waals surface area contributed by atoms with E-state index >= 15 is 0 Å². The Kier molecular flexibility index (Phi) is 6.37. The van der Waals surface area contributed by atoms with Crippen LogP contribution in [-0.2, 0) is 4.79 Å². The number of amides is 2. The number of carbonyl (C=O) groups is 2. The van der Waals surface area contributed by atoms with Crippen molar-refractivity contribution in [1.82, 2.24) is 15.1 Å². The van der Waals surface area contributed by atoms with Crippen LogP contribution in [0.5, 0.6) is 0 Å². The van der Waals surface area contributed by atoms with Crippen molar-refractivity contribution in [3.63, 3.8) is 0 Å². The van der Waals surface area contributed by atoms with Crippen LogP contribution in [0, 0.1) is 5.41 Å². The van der Waals surface area contributed by atoms with E-state index < -0.39 is 0 Å². The lowest BCUT2D eigenvalue weighted by molar-refractivity contribution is -0.122. The van der Waals surface area contributed by atoms with E-state index in [4.69, 9.17) is 0 Å². The van der Waals surface area contributed by atoms with Gasteiger partial charge in [-0.3, -0.25) is 14.5 Å². The van der Waals surface area contributed by atoms with Crippen LogP contribution < -0.4 is 5.32 Å². The Bertz CT molecular complexity index is 543. The van der Waals surface area contributed by atoms with Crippen LogP contribution in [0.3, 0.4) is 0 Å². The predicted octanol–water partition coefficient (Wildman–Crippen LogP) is 2.00. The molecule has 0 bridgehead atoms. The first-order chi connectivity index (χ1) is 11.3. The summed E-state index contributed by atoms with van der Waals surface area (Å²) in [6.45, 7) is 10.9. The molecule has 1 aliphatic rings. The summed E-state index contributed by atoms with van der Waals surface area (Å²) in [5.41, 5.74) is 0.772. The van der Waals surface area contributed by atoms with Crippen molar-refractivity contribution < 1.29 is 9.59 Å². The fourth-order valence-electron chi connectivity index (χ4n) is 2.84. The highest BCUT2D eigenvalue weighted by molar-refractivity contribution is 5.94. The number of piperazine rings is 1. The first-order valence-electron chi connectivity index (χ1n) is 8.68. The Labute approximate surface area is 145 Å². The first kappa shape index (κ1) is 18.5. The van der Waals surface area contributed by atoms with E-state index in [-0.39, 0.29) is 17.2 Å². The molecule has 0 spiro atoms. The third-order valence-corrected chi connectivity index (χ3v) is 4.12. The topological polar surface area (TPSA) is 52.7 Å². The summed E-state index contributed by atoms with van der Waals surface area (Å²) in [7, 11) is 0. The van der Waals surface area contributed by atoms with Crippen LogP contribution in [0.15, 0.2) is 30.3 Å². The third kappa shape index (κ3) is 5.96. The fraction of sp³-hybridized carbons (Fsp3) is 0.579. The highest BCUT2D eigenvalue weighted by atomic mass is 16.2. The van der Waals surface area contributed by atoms with E-state index in [0.29, 0.717) is 13.0 Å². The van der Waals surface area contributed by atoms with Gasteiger partial charge in [0.2, 0.25) is 5.91 Å². The van der Waals surface area contributed by atoms with Crippen molar-refractivity contribution in [3.05, 3.63) is 35.9 Å². The maximum atomic E-state index is 12.4. The monoisotopic (exact) mass is 331 g/mol. The molecule has 2 amide bonds. The van der Waals surface area contributed by atoms with Gasteiger partial charge in [0.1, 0.15) is 0 Å². The van der Waals surface area contributed by atoms with Crippen molar-refractivity contribution in [2.24, 2.45) is 5.41 Å². The normalized spacial score (nSPS) is 16.0. The van der Waals surface area contributed by atoms with Gasteiger partial charge in [-0.25, -0.2) is 0 Å². The molecule has 1 N–H and O–H groups in total. The zero-order valence-corrected chi connectivity index (χ0v) is 15.0. The Hall–Kier alpha value is -1.88. The smallest absolute Gasteiger partial charge is 0.253 e. The lowest BCUT2D eigenvalue weighted by Gasteiger charge is -2.34. The largest absolute Gasteiger partial charge is 0.355 e. The van der Waals surface area contributed by atoms with Crippen molar-refractivity contribution in [3.8, 4) is 0 Å². The maximum Gasteiger partial charge on any atom is 0.253 e. The fourth-order valence-corrected chi connectivity index (χ4v) is 2.84. The summed E-state index contributed by atoms with van der Waals surface area (Å²) in [5, 5.41) is 2.99. The highest BCUT2D eigenvalue weighted by Gasteiger charge is 2.22. The van der Waals surface area contributed by atoms with Crippen LogP contribution in [0.2, 0.25) is 0 Å². The molecule has 0 radical (unpaired) electrons. The summed E-state index contributed by atoms with van der Waals surface area (Å²) in [4.78, 5) is 28.4. The zero-order valence-electron chi connectivity index (χ0n) is 15.0. The zero-order chi connectivity index (χ0) is 17.6. The van der Waals surface area contributed by atoms with Crippen LogP contribution in [0.4, 0.5) is 0 Å². The summed E-state index contributed by atoms with van der Waals surface area (Å²) < 4.78 is 0. The van der Waals surface area contributed by atoms with Crippen molar-refractivity contribution >= 4 is 11.8 Å². The van der Waals surface area contributed by atoms with Gasteiger partial charge in [-0.05, 0) is 17.5 Å². The van der Waals surface area contributed by atoms with E-state index in [1.54, 1.807) is 0 Å². The molecular formula is C19H29N3O2. The Morgan fingerprint density at radius 1 is 1.04 bits per heavy atom. The molecule has 132 valence electrons. The van der Waals surface area contributed by atoms with Crippen LogP contribution >= 0.6 is 0 Å². The lowest BCUT2D eigenvalue weighted by Crippen LogP contribution is -2.50. The van der Waals surface area contributed by atoms with Crippen molar-refractivity contribution in [1.29, 1.82) is 0 Å². The van der Waals surface area contributed by atoms with Gasteiger partial charge in [-0.1, -0.05) is 39.0 Å². The molecule has 5 nitrogen and oxygen atoms in total. The van der Waals surface area contributed by atoms with E-state index in [1.807, 2.05) is 35.2 Å². The molecule has 1 aromatic rings. The standard InChI is InChI=1S/C19H29N3O2/c1-19(2,3)15-17(23)20-9-10-21-11-13-22(14-12-21)18(24)16-7-5-4-6-8-16/h4-8H,9-15H2,1-3H3,(H,20,23). The van der Waals surface area contributed by atoms with Crippen molar-refractivity contribution in [2.75, 3.05) is 39.3 Å². The Morgan fingerprint density at radius 2 is 1.67 bits per heavy atom. The van der Waals surface area contributed by atoms with Gasteiger partial charge in [-0.2, -0.15) is 0 Å². The molecule has 0 aliphatic carbocycles. The molecule has 5 heteroatoms. The Morgan fingerprint density at radius 3 is 2.25 bits per heavy atom. The second kappa shape index (κ2) is 8.29. The number of rotatable bonds is 5. The molecule has 1 heterocycles. The van der Waals surface area contributed by atoms with Crippen LogP contribution in [-0.4, -0.2) is 60.9 Å². The van der Waals surface area contributed by atoms with Gasteiger partial charge in [0, 0.05) is 51.3 Å². The average molecular weight is 331 g/mol. The predicted molar refractivity (Wildman–Crippen MR) is 95.9 cm³/mol. The molecular weight excluding hydrogens is 302 g/mol. The summed E-state index contributed by atoms with van der Waals surface area (Å²) in [5.74, 6) is 0.217. The van der Waals surface area contributed by atoms with Gasteiger partial charge in [0.15, 0.2) is 0 Å². The van der Waals surface area contributed by atoms with Gasteiger partial charge >= 0.3 is 0 Å². The second-order valence-corrected chi connectivity index (χ2v) is 7.59. The molecule has 0 saturated carbocycles. The SMILES string of the molecule is CC(C)(C)CC(=O)NCCN1CCN(C(=O)c2ccccc2)CC1. The molecule has 1 saturated heterocycles. The number of benzene rings is 1. The molecule has 1 fully saturated rings. The van der Waals surface area contributed by atoms with Gasteiger partial charge in [-0.15, -0.1) is 0 Å².